The summed E-state index contributed by atoms with van der Waals surface area (Å²) in [6.07, 6.45) is -1.62. The SMILES string of the molecule is CC(=O)OCC1OC(OCCOCCOCCS)C(OC(C)=O)C(C)C1C. The van der Waals surface area contributed by atoms with Gasteiger partial charge >= 0.3 is 11.9 Å². The molecule has 1 rings (SSSR count). The number of carbonyl (C=O) groups is 2. The van der Waals surface area contributed by atoms with Crippen LogP contribution in [-0.2, 0) is 38.0 Å². The Morgan fingerprint density at radius 2 is 1.56 bits per heavy atom. The maximum Gasteiger partial charge on any atom is 0.303 e. The molecule has 0 aromatic heterocycles. The van der Waals surface area contributed by atoms with E-state index in [0.29, 0.717) is 32.2 Å². The van der Waals surface area contributed by atoms with Crippen molar-refractivity contribution in [2.24, 2.45) is 11.8 Å². The maximum atomic E-state index is 11.5. The number of ether oxygens (including phenoxy) is 6. The molecule has 5 unspecified atom stereocenters. The first-order valence-electron chi connectivity index (χ1n) is 9.20. The number of hydrogen-bond donors (Lipinski definition) is 1. The zero-order valence-corrected chi connectivity index (χ0v) is 17.4. The normalized spacial score (nSPS) is 28.0. The third kappa shape index (κ3) is 9.25. The highest BCUT2D eigenvalue weighted by atomic mass is 32.1. The monoisotopic (exact) mass is 408 g/mol. The molecule has 1 aliphatic heterocycles. The van der Waals surface area contributed by atoms with Crippen LogP contribution in [-0.4, -0.2) is 75.8 Å². The van der Waals surface area contributed by atoms with Crippen LogP contribution in [0.5, 0.6) is 0 Å². The van der Waals surface area contributed by atoms with Crippen molar-refractivity contribution < 1.29 is 38.0 Å². The Morgan fingerprint density at radius 3 is 2.15 bits per heavy atom. The van der Waals surface area contributed by atoms with Crippen molar-refractivity contribution in [2.45, 2.75) is 46.2 Å². The Bertz CT molecular complexity index is 445. The number of thiol groups is 1. The molecule has 0 amide bonds. The molecule has 0 spiro atoms. The minimum absolute atomic E-state index is 0.0220. The molecule has 1 fully saturated rings. The van der Waals surface area contributed by atoms with Gasteiger partial charge in [-0.1, -0.05) is 13.8 Å². The van der Waals surface area contributed by atoms with Gasteiger partial charge in [0.15, 0.2) is 12.4 Å². The van der Waals surface area contributed by atoms with Crippen LogP contribution < -0.4 is 0 Å². The summed E-state index contributed by atoms with van der Waals surface area (Å²) >= 11 is 4.05. The highest BCUT2D eigenvalue weighted by Crippen LogP contribution is 2.33. The average Bonchev–Trinajstić information content (AvgIpc) is 2.61. The fourth-order valence-corrected chi connectivity index (χ4v) is 2.88. The summed E-state index contributed by atoms with van der Waals surface area (Å²) < 4.78 is 32.9. The lowest BCUT2D eigenvalue weighted by atomic mass is 9.83. The van der Waals surface area contributed by atoms with Crippen LogP contribution in [0.2, 0.25) is 0 Å². The van der Waals surface area contributed by atoms with Gasteiger partial charge in [-0.05, 0) is 5.92 Å². The topological polar surface area (TPSA) is 89.5 Å². The van der Waals surface area contributed by atoms with Crippen molar-refractivity contribution in [3.05, 3.63) is 0 Å². The maximum absolute atomic E-state index is 11.5. The van der Waals surface area contributed by atoms with Crippen molar-refractivity contribution in [1.29, 1.82) is 0 Å². The molecule has 5 atom stereocenters. The van der Waals surface area contributed by atoms with Gasteiger partial charge in [0.05, 0.1) is 39.1 Å². The van der Waals surface area contributed by atoms with E-state index in [9.17, 15) is 9.59 Å². The molecule has 1 heterocycles. The third-order valence-electron chi connectivity index (χ3n) is 4.38. The van der Waals surface area contributed by atoms with Gasteiger partial charge in [0.1, 0.15) is 6.61 Å². The largest absolute Gasteiger partial charge is 0.463 e. The van der Waals surface area contributed by atoms with E-state index >= 15 is 0 Å². The Hall–Kier alpha value is -0.870. The second kappa shape index (κ2) is 13.3. The van der Waals surface area contributed by atoms with E-state index in [1.54, 1.807) is 0 Å². The minimum Gasteiger partial charge on any atom is -0.463 e. The van der Waals surface area contributed by atoms with Crippen molar-refractivity contribution >= 4 is 24.6 Å². The van der Waals surface area contributed by atoms with Crippen LogP contribution in [0.3, 0.4) is 0 Å². The van der Waals surface area contributed by atoms with Gasteiger partial charge < -0.3 is 28.4 Å². The lowest BCUT2D eigenvalue weighted by molar-refractivity contribution is -0.282. The number of rotatable bonds is 12. The van der Waals surface area contributed by atoms with Crippen LogP contribution in [0.15, 0.2) is 0 Å². The molecule has 0 bridgehead atoms. The fraction of sp³-hybridized carbons (Fsp3) is 0.889. The third-order valence-corrected chi connectivity index (χ3v) is 4.56. The molecule has 0 aliphatic carbocycles. The van der Waals surface area contributed by atoms with Crippen molar-refractivity contribution in [3.63, 3.8) is 0 Å². The smallest absolute Gasteiger partial charge is 0.303 e. The summed E-state index contributed by atoms with van der Waals surface area (Å²) in [4.78, 5) is 22.6. The lowest BCUT2D eigenvalue weighted by Crippen LogP contribution is -2.53. The quantitative estimate of drug-likeness (QED) is 0.295. The Morgan fingerprint density at radius 1 is 0.926 bits per heavy atom. The molecule has 27 heavy (non-hydrogen) atoms. The summed E-state index contributed by atoms with van der Waals surface area (Å²) in [6, 6.07) is 0. The number of esters is 2. The molecule has 1 aliphatic rings. The number of carbonyl (C=O) groups excluding carboxylic acids is 2. The molecular formula is C18H32O8S. The predicted molar refractivity (Wildman–Crippen MR) is 101 cm³/mol. The highest BCUT2D eigenvalue weighted by molar-refractivity contribution is 7.80. The summed E-state index contributed by atoms with van der Waals surface area (Å²) in [5.41, 5.74) is 0. The summed E-state index contributed by atoms with van der Waals surface area (Å²) in [6.45, 7) is 8.94. The van der Waals surface area contributed by atoms with E-state index in [4.69, 9.17) is 28.4 Å². The van der Waals surface area contributed by atoms with E-state index in [1.807, 2.05) is 13.8 Å². The van der Waals surface area contributed by atoms with Gasteiger partial charge in [-0.25, -0.2) is 0 Å². The first kappa shape index (κ1) is 24.2. The predicted octanol–water partition coefficient (Wildman–Crippen LogP) is 1.46. The molecule has 0 aromatic rings. The summed E-state index contributed by atoms with van der Waals surface area (Å²) in [5, 5.41) is 0. The highest BCUT2D eigenvalue weighted by Gasteiger charge is 2.44. The van der Waals surface area contributed by atoms with E-state index in [0.717, 1.165) is 0 Å². The standard InChI is InChI=1S/C18H32O8S/c1-12-13(2)17(25-15(4)20)18(26-16(12)11-24-14(3)19)23-8-7-21-5-6-22-9-10-27/h12-13,16-18,27H,5-11H2,1-4H3. The first-order valence-corrected chi connectivity index (χ1v) is 9.84. The van der Waals surface area contributed by atoms with Gasteiger partial charge in [-0.2, -0.15) is 12.6 Å². The van der Waals surface area contributed by atoms with E-state index in [1.165, 1.54) is 13.8 Å². The molecule has 158 valence electrons. The van der Waals surface area contributed by atoms with Crippen molar-refractivity contribution in [3.8, 4) is 0 Å². The average molecular weight is 409 g/mol. The van der Waals surface area contributed by atoms with Gasteiger partial charge in [-0.3, -0.25) is 9.59 Å². The minimum atomic E-state index is -0.746. The zero-order chi connectivity index (χ0) is 20.2. The number of hydrogen-bond acceptors (Lipinski definition) is 9. The molecule has 0 N–H and O–H groups in total. The van der Waals surface area contributed by atoms with Crippen LogP contribution in [0.4, 0.5) is 0 Å². The van der Waals surface area contributed by atoms with Crippen molar-refractivity contribution in [2.75, 3.05) is 45.4 Å². The van der Waals surface area contributed by atoms with Crippen LogP contribution in [0, 0.1) is 11.8 Å². The van der Waals surface area contributed by atoms with Crippen LogP contribution >= 0.6 is 12.6 Å². The van der Waals surface area contributed by atoms with Crippen LogP contribution in [0.25, 0.3) is 0 Å². The first-order chi connectivity index (χ1) is 12.9. The van der Waals surface area contributed by atoms with Crippen LogP contribution in [0.1, 0.15) is 27.7 Å². The second-order valence-electron chi connectivity index (χ2n) is 6.46. The summed E-state index contributed by atoms with van der Waals surface area (Å²) in [5.74, 6) is -0.0958. The Kier molecular flexibility index (Phi) is 11.9. The molecule has 0 saturated carbocycles. The molecule has 0 radical (unpaired) electrons. The fourth-order valence-electron chi connectivity index (χ4n) is 2.75. The Labute approximate surface area is 166 Å². The van der Waals surface area contributed by atoms with Gasteiger partial charge in [0.2, 0.25) is 0 Å². The molecule has 1 saturated heterocycles. The summed E-state index contributed by atoms with van der Waals surface area (Å²) in [7, 11) is 0. The van der Waals surface area contributed by atoms with Gasteiger partial charge in [0, 0.05) is 25.5 Å². The Balaban J connectivity index is 2.51. The zero-order valence-electron chi connectivity index (χ0n) is 16.5. The van der Waals surface area contributed by atoms with Crippen molar-refractivity contribution in [1.82, 2.24) is 0 Å². The van der Waals surface area contributed by atoms with E-state index in [-0.39, 0.29) is 37.1 Å². The molecular weight excluding hydrogens is 376 g/mol. The van der Waals surface area contributed by atoms with E-state index < -0.39 is 18.4 Å². The van der Waals surface area contributed by atoms with Gasteiger partial charge in [0.25, 0.3) is 0 Å². The lowest BCUT2D eigenvalue weighted by Gasteiger charge is -2.43. The molecule has 9 heteroatoms. The van der Waals surface area contributed by atoms with E-state index in [2.05, 4.69) is 12.6 Å². The van der Waals surface area contributed by atoms with Gasteiger partial charge in [-0.15, -0.1) is 0 Å². The second-order valence-corrected chi connectivity index (χ2v) is 6.90. The molecule has 0 aromatic carbocycles. The molecule has 8 nitrogen and oxygen atoms in total.